The summed E-state index contributed by atoms with van der Waals surface area (Å²) in [5, 5.41) is 8.89. The Labute approximate surface area is 108 Å². The molecular weight excluding hydrogens is 287 g/mol. The molecule has 0 radical (unpaired) electrons. The van der Waals surface area contributed by atoms with Crippen molar-refractivity contribution in [2.75, 3.05) is 0 Å². The molecule has 1 saturated carbocycles. The number of carboxylic acid groups (broad SMARTS) is 1. The highest BCUT2D eigenvalue weighted by Crippen LogP contribution is 2.51. The maximum Gasteiger partial charge on any atom is 0.304 e. The van der Waals surface area contributed by atoms with Crippen LogP contribution >= 0.6 is 15.9 Å². The molecule has 1 aromatic carbocycles. The maximum atomic E-state index is 13.2. The van der Waals surface area contributed by atoms with Crippen LogP contribution in [-0.4, -0.2) is 11.1 Å². The topological polar surface area (TPSA) is 37.3 Å². The number of hydrogen-bond donors (Lipinski definition) is 1. The van der Waals surface area contributed by atoms with E-state index in [1.807, 2.05) is 12.1 Å². The highest BCUT2D eigenvalue weighted by Gasteiger charge is 2.46. The van der Waals surface area contributed by atoms with Gasteiger partial charge in [0.15, 0.2) is 0 Å². The van der Waals surface area contributed by atoms with Crippen LogP contribution < -0.4 is 0 Å². The molecule has 0 amide bonds. The molecule has 0 heterocycles. The second kappa shape index (κ2) is 4.41. The Morgan fingerprint density at radius 2 is 2.24 bits per heavy atom. The van der Waals surface area contributed by atoms with Crippen molar-refractivity contribution in [1.29, 1.82) is 0 Å². The lowest BCUT2D eigenvalue weighted by Gasteiger charge is -2.15. The van der Waals surface area contributed by atoms with Gasteiger partial charge in [0.2, 0.25) is 0 Å². The molecule has 0 saturated heterocycles. The summed E-state index contributed by atoms with van der Waals surface area (Å²) in [7, 11) is 0. The van der Waals surface area contributed by atoms with Crippen LogP contribution in [0.4, 0.5) is 4.39 Å². The van der Waals surface area contributed by atoms with Crippen LogP contribution in [0.2, 0.25) is 0 Å². The van der Waals surface area contributed by atoms with Gasteiger partial charge in [-0.3, -0.25) is 4.79 Å². The predicted octanol–water partition coefficient (Wildman–Crippen LogP) is 3.99. The molecule has 0 aliphatic heterocycles. The minimum absolute atomic E-state index is 0.157. The van der Waals surface area contributed by atoms with Gasteiger partial charge in [0, 0.05) is 9.89 Å². The molecule has 0 bridgehead atoms. The predicted molar refractivity (Wildman–Crippen MR) is 66.8 cm³/mol. The summed E-state index contributed by atoms with van der Waals surface area (Å²) < 4.78 is 13.9. The average Bonchev–Trinajstić information content (AvgIpc) is 2.97. The van der Waals surface area contributed by atoms with Gasteiger partial charge in [-0.15, -0.1) is 0 Å². The molecule has 1 atom stereocenters. The molecule has 2 rings (SSSR count). The third-order valence-corrected chi connectivity index (χ3v) is 4.07. The lowest BCUT2D eigenvalue weighted by atomic mass is 9.91. The van der Waals surface area contributed by atoms with Crippen molar-refractivity contribution in [2.45, 2.75) is 37.8 Å². The Morgan fingerprint density at radius 1 is 1.59 bits per heavy atom. The Kier molecular flexibility index (Phi) is 3.25. The Morgan fingerprint density at radius 3 is 2.65 bits per heavy atom. The van der Waals surface area contributed by atoms with Gasteiger partial charge >= 0.3 is 5.97 Å². The van der Waals surface area contributed by atoms with E-state index in [1.54, 1.807) is 6.07 Å². The highest BCUT2D eigenvalue weighted by atomic mass is 79.9. The van der Waals surface area contributed by atoms with Crippen molar-refractivity contribution in [2.24, 2.45) is 0 Å². The lowest BCUT2D eigenvalue weighted by Crippen LogP contribution is -2.13. The number of halogens is 2. The van der Waals surface area contributed by atoms with Crippen molar-refractivity contribution in [3.05, 3.63) is 33.8 Å². The van der Waals surface area contributed by atoms with E-state index in [1.165, 1.54) is 6.92 Å². The van der Waals surface area contributed by atoms with Gasteiger partial charge in [-0.2, -0.15) is 0 Å². The number of carbonyl (C=O) groups is 1. The van der Waals surface area contributed by atoms with Crippen molar-refractivity contribution in [3.63, 3.8) is 0 Å². The maximum absolute atomic E-state index is 13.2. The molecule has 2 nitrogen and oxygen atoms in total. The van der Waals surface area contributed by atoms with Crippen LogP contribution in [0.1, 0.15) is 43.5 Å². The average molecular weight is 301 g/mol. The van der Waals surface area contributed by atoms with E-state index in [0.29, 0.717) is 5.56 Å². The van der Waals surface area contributed by atoms with Crippen molar-refractivity contribution >= 4 is 21.9 Å². The molecule has 4 heteroatoms. The monoisotopic (exact) mass is 300 g/mol. The van der Waals surface area contributed by atoms with E-state index in [2.05, 4.69) is 15.9 Å². The first kappa shape index (κ1) is 12.6. The zero-order chi connectivity index (χ0) is 12.6. The zero-order valence-corrected chi connectivity index (χ0v) is 11.1. The zero-order valence-electron chi connectivity index (χ0n) is 9.54. The molecule has 17 heavy (non-hydrogen) atoms. The van der Waals surface area contributed by atoms with Crippen molar-refractivity contribution < 1.29 is 14.3 Å². The van der Waals surface area contributed by atoms with Gasteiger partial charge in [-0.25, -0.2) is 4.39 Å². The number of aliphatic carboxylic acids is 1. The SMILES string of the molecule is CC(F)c1ccc(C2(CC(=O)O)CC2)cc1Br. The molecule has 0 spiro atoms. The molecule has 1 aliphatic rings. The minimum atomic E-state index is -1.02. The molecule has 1 aliphatic carbocycles. The van der Waals surface area contributed by atoms with Gasteiger partial charge in [-0.05, 0) is 37.0 Å². The van der Waals surface area contributed by atoms with Crippen molar-refractivity contribution in [3.8, 4) is 0 Å². The van der Waals surface area contributed by atoms with Gasteiger partial charge in [0.05, 0.1) is 6.42 Å². The van der Waals surface area contributed by atoms with E-state index in [-0.39, 0.29) is 11.8 Å². The smallest absolute Gasteiger partial charge is 0.304 e. The number of hydrogen-bond acceptors (Lipinski definition) is 1. The summed E-state index contributed by atoms with van der Waals surface area (Å²) in [5.41, 5.74) is 1.39. The summed E-state index contributed by atoms with van der Waals surface area (Å²) in [6.45, 7) is 1.49. The quantitative estimate of drug-likeness (QED) is 0.913. The van der Waals surface area contributed by atoms with Crippen LogP contribution in [0.3, 0.4) is 0 Å². The minimum Gasteiger partial charge on any atom is -0.481 e. The van der Waals surface area contributed by atoms with E-state index in [4.69, 9.17) is 5.11 Å². The Bertz CT molecular complexity index is 453. The molecule has 1 aromatic rings. The highest BCUT2D eigenvalue weighted by molar-refractivity contribution is 9.10. The summed E-state index contributed by atoms with van der Waals surface area (Å²) >= 11 is 3.35. The Hall–Kier alpha value is -0.900. The first-order valence-corrected chi connectivity index (χ1v) is 6.40. The molecule has 0 aromatic heterocycles. The van der Waals surface area contributed by atoms with Gasteiger partial charge in [0.25, 0.3) is 0 Å². The standard InChI is InChI=1S/C13H14BrFO2/c1-8(15)10-3-2-9(6-11(10)14)13(4-5-13)7-12(16)17/h2-3,6,8H,4-5,7H2,1H3,(H,16,17). The largest absolute Gasteiger partial charge is 0.481 e. The summed E-state index contributed by atoms with van der Waals surface area (Å²) in [4.78, 5) is 10.8. The number of carboxylic acids is 1. The van der Waals surface area contributed by atoms with E-state index >= 15 is 0 Å². The number of benzene rings is 1. The molecule has 1 N–H and O–H groups in total. The summed E-state index contributed by atoms with van der Waals surface area (Å²) in [6.07, 6.45) is 0.935. The number of rotatable bonds is 4. The molecular formula is C13H14BrFO2. The normalized spacial score (nSPS) is 18.8. The third kappa shape index (κ3) is 2.51. The molecule has 92 valence electrons. The first-order chi connectivity index (χ1) is 7.94. The van der Waals surface area contributed by atoms with E-state index in [9.17, 15) is 9.18 Å². The van der Waals surface area contributed by atoms with Crippen LogP contribution in [0.25, 0.3) is 0 Å². The molecule has 1 fully saturated rings. The summed E-state index contributed by atoms with van der Waals surface area (Å²) in [5.74, 6) is -0.776. The van der Waals surface area contributed by atoms with Crippen molar-refractivity contribution in [1.82, 2.24) is 0 Å². The fourth-order valence-corrected chi connectivity index (χ4v) is 2.88. The summed E-state index contributed by atoms with van der Waals surface area (Å²) in [6, 6.07) is 5.46. The van der Waals surface area contributed by atoms with Crippen LogP contribution in [0, 0.1) is 0 Å². The fraction of sp³-hybridized carbons (Fsp3) is 0.462. The fourth-order valence-electron chi connectivity index (χ4n) is 2.19. The van der Waals surface area contributed by atoms with Gasteiger partial charge in [0.1, 0.15) is 6.17 Å². The molecule has 1 unspecified atom stereocenters. The first-order valence-electron chi connectivity index (χ1n) is 5.60. The van der Waals surface area contributed by atoms with Crippen LogP contribution in [0.15, 0.2) is 22.7 Å². The second-order valence-electron chi connectivity index (χ2n) is 4.70. The van der Waals surface area contributed by atoms with E-state index in [0.717, 1.165) is 22.9 Å². The number of alkyl halides is 1. The van der Waals surface area contributed by atoms with Gasteiger partial charge in [-0.1, -0.05) is 28.1 Å². The second-order valence-corrected chi connectivity index (χ2v) is 5.56. The van der Waals surface area contributed by atoms with Crippen LogP contribution in [0.5, 0.6) is 0 Å². The van der Waals surface area contributed by atoms with Gasteiger partial charge < -0.3 is 5.11 Å². The Balaban J connectivity index is 2.29. The third-order valence-electron chi connectivity index (χ3n) is 3.38. The lowest BCUT2D eigenvalue weighted by molar-refractivity contribution is -0.137. The van der Waals surface area contributed by atoms with Crippen LogP contribution in [-0.2, 0) is 10.2 Å². The van der Waals surface area contributed by atoms with E-state index < -0.39 is 12.1 Å².